The largest absolute Gasteiger partial charge is 0.379 e. The number of nitrogens with zero attached hydrogens (tertiary/aromatic N) is 2. The van der Waals surface area contributed by atoms with Crippen LogP contribution in [0.2, 0.25) is 0 Å². The van der Waals surface area contributed by atoms with Crippen molar-refractivity contribution in [3.63, 3.8) is 0 Å². The number of hydrogen-bond acceptors (Lipinski definition) is 6. The van der Waals surface area contributed by atoms with Crippen LogP contribution in [0.1, 0.15) is 39.0 Å². The number of anilines is 1. The highest BCUT2D eigenvalue weighted by Crippen LogP contribution is 2.30. The van der Waals surface area contributed by atoms with E-state index in [1.807, 2.05) is 0 Å². The molecule has 1 aromatic rings. The molecular weight excluding hydrogens is 370 g/mol. The molecule has 0 aliphatic carbocycles. The molecule has 0 aromatic heterocycles. The predicted octanol–water partition coefficient (Wildman–Crippen LogP) is 3.00. The second-order valence-electron chi connectivity index (χ2n) is 7.37. The zero-order valence-corrected chi connectivity index (χ0v) is 16.4. The van der Waals surface area contributed by atoms with Gasteiger partial charge in [0.15, 0.2) is 0 Å². The molecule has 9 heteroatoms. The number of piperidine rings is 1. The van der Waals surface area contributed by atoms with Crippen LogP contribution in [-0.4, -0.2) is 50.0 Å². The lowest BCUT2D eigenvalue weighted by Gasteiger charge is -2.29. The minimum atomic E-state index is -3.71. The van der Waals surface area contributed by atoms with Gasteiger partial charge in [0, 0.05) is 32.3 Å². The van der Waals surface area contributed by atoms with Gasteiger partial charge in [-0.15, -0.1) is 0 Å². The lowest BCUT2D eigenvalue weighted by atomic mass is 10.0. The summed E-state index contributed by atoms with van der Waals surface area (Å²) >= 11 is 0. The van der Waals surface area contributed by atoms with E-state index in [4.69, 9.17) is 4.74 Å². The van der Waals surface area contributed by atoms with E-state index in [0.717, 1.165) is 38.7 Å². The average molecular weight is 397 g/mol. The molecule has 2 fully saturated rings. The van der Waals surface area contributed by atoms with Gasteiger partial charge < -0.3 is 10.1 Å². The summed E-state index contributed by atoms with van der Waals surface area (Å²) in [6.07, 6.45) is 4.64. The van der Waals surface area contributed by atoms with Gasteiger partial charge in [-0.2, -0.15) is 4.31 Å². The van der Waals surface area contributed by atoms with Crippen LogP contribution in [0.4, 0.5) is 11.4 Å². The minimum absolute atomic E-state index is 0.0200. The quantitative estimate of drug-likeness (QED) is 0.560. The molecule has 3 rings (SSSR count). The highest BCUT2D eigenvalue weighted by molar-refractivity contribution is 7.89. The van der Waals surface area contributed by atoms with Gasteiger partial charge in [0.25, 0.3) is 5.69 Å². The lowest BCUT2D eigenvalue weighted by Crippen LogP contribution is -2.37. The van der Waals surface area contributed by atoms with Crippen molar-refractivity contribution in [3.05, 3.63) is 28.3 Å². The molecule has 0 amide bonds. The van der Waals surface area contributed by atoms with Crippen LogP contribution in [0.3, 0.4) is 0 Å². The standard InChI is InChI=1S/C18H27N3O5S/c1-14-7-10-20(11-8-14)27(24,25)16-4-5-17(18(13-16)21(22)23)19-9-6-15-3-2-12-26-15/h4-5,13-15,19H,2-3,6-12H2,1H3. The fourth-order valence-electron chi connectivity index (χ4n) is 3.59. The van der Waals surface area contributed by atoms with Crippen LogP contribution in [0.25, 0.3) is 0 Å². The maximum Gasteiger partial charge on any atom is 0.293 e. The van der Waals surface area contributed by atoms with E-state index < -0.39 is 14.9 Å². The lowest BCUT2D eigenvalue weighted by molar-refractivity contribution is -0.384. The Morgan fingerprint density at radius 2 is 2.04 bits per heavy atom. The fourth-order valence-corrected chi connectivity index (χ4v) is 5.08. The molecule has 27 heavy (non-hydrogen) atoms. The second kappa shape index (κ2) is 8.53. The molecule has 2 aliphatic heterocycles. The van der Waals surface area contributed by atoms with Crippen LogP contribution in [-0.2, 0) is 14.8 Å². The summed E-state index contributed by atoms with van der Waals surface area (Å²) in [7, 11) is -3.71. The number of benzene rings is 1. The monoisotopic (exact) mass is 397 g/mol. The molecule has 2 heterocycles. The number of nitro groups is 1. The number of ether oxygens (including phenoxy) is 1. The predicted molar refractivity (Wildman–Crippen MR) is 102 cm³/mol. The molecule has 8 nitrogen and oxygen atoms in total. The molecule has 1 unspecified atom stereocenters. The number of hydrogen-bond donors (Lipinski definition) is 1. The van der Waals surface area contributed by atoms with Crippen LogP contribution >= 0.6 is 0 Å². The maximum absolute atomic E-state index is 12.8. The summed E-state index contributed by atoms with van der Waals surface area (Å²) in [4.78, 5) is 10.9. The van der Waals surface area contributed by atoms with Crippen molar-refractivity contribution in [2.75, 3.05) is 31.6 Å². The Kier molecular flexibility index (Phi) is 6.33. The maximum atomic E-state index is 12.8. The van der Waals surface area contributed by atoms with E-state index in [1.54, 1.807) is 0 Å². The van der Waals surface area contributed by atoms with E-state index in [-0.39, 0.29) is 16.7 Å². The van der Waals surface area contributed by atoms with E-state index in [1.165, 1.54) is 22.5 Å². The summed E-state index contributed by atoms with van der Waals surface area (Å²) in [5.74, 6) is 0.501. The van der Waals surface area contributed by atoms with Crippen LogP contribution in [0, 0.1) is 16.0 Å². The van der Waals surface area contributed by atoms with Gasteiger partial charge in [-0.3, -0.25) is 10.1 Å². The Labute approximate surface area is 160 Å². The van der Waals surface area contributed by atoms with E-state index in [2.05, 4.69) is 12.2 Å². The molecule has 1 aromatic carbocycles. The zero-order valence-electron chi connectivity index (χ0n) is 15.6. The Balaban J connectivity index is 1.73. The molecule has 150 valence electrons. The second-order valence-corrected chi connectivity index (χ2v) is 9.31. The topological polar surface area (TPSA) is 102 Å². The Hall–Kier alpha value is -1.71. The molecule has 1 atom stereocenters. The first kappa shape index (κ1) is 20.0. The van der Waals surface area contributed by atoms with Crippen LogP contribution in [0.5, 0.6) is 0 Å². The minimum Gasteiger partial charge on any atom is -0.379 e. The third-order valence-corrected chi connectivity index (χ3v) is 7.25. The molecule has 2 aliphatic rings. The molecule has 1 N–H and O–H groups in total. The van der Waals surface area contributed by atoms with Gasteiger partial charge >= 0.3 is 0 Å². The van der Waals surface area contributed by atoms with Crippen molar-refractivity contribution < 1.29 is 18.1 Å². The van der Waals surface area contributed by atoms with E-state index in [0.29, 0.717) is 31.2 Å². The first-order valence-corrected chi connectivity index (χ1v) is 11.0. The number of nitro benzene ring substituents is 1. The number of rotatable bonds is 7. The van der Waals surface area contributed by atoms with E-state index >= 15 is 0 Å². The number of sulfonamides is 1. The van der Waals surface area contributed by atoms with E-state index in [9.17, 15) is 18.5 Å². The summed E-state index contributed by atoms with van der Waals surface area (Å²) in [6.45, 7) is 4.33. The molecular formula is C18H27N3O5S. The van der Waals surface area contributed by atoms with Crippen molar-refractivity contribution in [1.29, 1.82) is 0 Å². The average Bonchev–Trinajstić information content (AvgIpc) is 3.15. The van der Waals surface area contributed by atoms with Crippen molar-refractivity contribution in [2.45, 2.75) is 50.0 Å². The normalized spacial score (nSPS) is 22.0. The van der Waals surface area contributed by atoms with Crippen LogP contribution in [0.15, 0.2) is 23.1 Å². The summed E-state index contributed by atoms with van der Waals surface area (Å²) < 4.78 is 32.6. The van der Waals surface area contributed by atoms with Gasteiger partial charge in [-0.05, 0) is 50.2 Å². The highest BCUT2D eigenvalue weighted by Gasteiger charge is 2.30. The molecule has 0 saturated carbocycles. The third-order valence-electron chi connectivity index (χ3n) is 5.35. The van der Waals surface area contributed by atoms with Crippen molar-refractivity contribution >= 4 is 21.4 Å². The van der Waals surface area contributed by atoms with Gasteiger partial charge in [-0.1, -0.05) is 6.92 Å². The molecule has 0 radical (unpaired) electrons. The van der Waals surface area contributed by atoms with Gasteiger partial charge in [0.05, 0.1) is 15.9 Å². The highest BCUT2D eigenvalue weighted by atomic mass is 32.2. The third kappa shape index (κ3) is 4.77. The summed E-state index contributed by atoms with van der Waals surface area (Å²) in [6, 6.07) is 4.11. The summed E-state index contributed by atoms with van der Waals surface area (Å²) in [5, 5.41) is 14.5. The Morgan fingerprint density at radius 1 is 1.30 bits per heavy atom. The van der Waals surface area contributed by atoms with Crippen molar-refractivity contribution in [2.24, 2.45) is 5.92 Å². The number of nitrogens with one attached hydrogen (secondary N) is 1. The molecule has 0 bridgehead atoms. The first-order chi connectivity index (χ1) is 12.9. The van der Waals surface area contributed by atoms with Crippen LogP contribution < -0.4 is 5.32 Å². The fraction of sp³-hybridized carbons (Fsp3) is 0.667. The summed E-state index contributed by atoms with van der Waals surface area (Å²) in [5.41, 5.74) is 0.123. The van der Waals surface area contributed by atoms with Gasteiger partial charge in [0.1, 0.15) is 5.69 Å². The van der Waals surface area contributed by atoms with Gasteiger partial charge in [-0.25, -0.2) is 8.42 Å². The van der Waals surface area contributed by atoms with Crippen molar-refractivity contribution in [3.8, 4) is 0 Å². The Morgan fingerprint density at radius 3 is 2.67 bits per heavy atom. The zero-order chi connectivity index (χ0) is 19.4. The van der Waals surface area contributed by atoms with Gasteiger partial charge in [0.2, 0.25) is 10.0 Å². The molecule has 2 saturated heterocycles. The first-order valence-electron chi connectivity index (χ1n) is 9.52. The smallest absolute Gasteiger partial charge is 0.293 e. The van der Waals surface area contributed by atoms with Crippen molar-refractivity contribution in [1.82, 2.24) is 4.31 Å². The SMILES string of the molecule is CC1CCN(S(=O)(=O)c2ccc(NCCC3CCCO3)c([N+](=O)[O-])c2)CC1. The Bertz CT molecular complexity index is 769. The molecule has 0 spiro atoms.